The predicted octanol–water partition coefficient (Wildman–Crippen LogP) is 4.99. The molecule has 11 heteroatoms. The van der Waals surface area contributed by atoms with Crippen LogP contribution in [0.4, 0.5) is 5.69 Å². The van der Waals surface area contributed by atoms with Crippen LogP contribution in [0.1, 0.15) is 32.8 Å². The Labute approximate surface area is 222 Å². The number of rotatable bonds is 11. The van der Waals surface area contributed by atoms with Crippen LogP contribution in [-0.4, -0.2) is 50.5 Å². The molecule has 0 unspecified atom stereocenters. The summed E-state index contributed by atoms with van der Waals surface area (Å²) in [4.78, 5) is 28.0. The fourth-order valence-electron chi connectivity index (χ4n) is 3.42. The van der Waals surface area contributed by atoms with Gasteiger partial charge in [0.25, 0.3) is 0 Å². The molecule has 0 aliphatic rings. The van der Waals surface area contributed by atoms with E-state index in [1.165, 1.54) is 17.0 Å². The van der Waals surface area contributed by atoms with E-state index in [0.29, 0.717) is 13.0 Å². The van der Waals surface area contributed by atoms with Crippen LogP contribution in [0.15, 0.2) is 42.5 Å². The van der Waals surface area contributed by atoms with Crippen LogP contribution < -0.4 is 9.62 Å². The van der Waals surface area contributed by atoms with E-state index in [9.17, 15) is 18.0 Å². The molecule has 2 rings (SSSR count). The molecule has 0 saturated heterocycles. The molecule has 2 amide bonds. The van der Waals surface area contributed by atoms with Gasteiger partial charge in [0.15, 0.2) is 0 Å². The van der Waals surface area contributed by atoms with E-state index in [0.717, 1.165) is 16.1 Å². The summed E-state index contributed by atoms with van der Waals surface area (Å²) in [6.45, 7) is 5.75. The van der Waals surface area contributed by atoms with Crippen molar-refractivity contribution in [2.75, 3.05) is 23.7 Å². The largest absolute Gasteiger partial charge is 0.354 e. The summed E-state index contributed by atoms with van der Waals surface area (Å²) in [6, 6.07) is 11.0. The van der Waals surface area contributed by atoms with Crippen LogP contribution in [0.2, 0.25) is 15.1 Å². The van der Waals surface area contributed by atoms with Gasteiger partial charge in [-0.3, -0.25) is 13.9 Å². The highest BCUT2D eigenvalue weighted by atomic mass is 35.5. The summed E-state index contributed by atoms with van der Waals surface area (Å²) in [5.41, 5.74) is 0.823. The van der Waals surface area contributed by atoms with Crippen LogP contribution >= 0.6 is 34.8 Å². The van der Waals surface area contributed by atoms with Gasteiger partial charge in [-0.05, 0) is 30.0 Å². The summed E-state index contributed by atoms with van der Waals surface area (Å²) < 4.78 is 26.2. The Hall–Kier alpha value is -2.00. The monoisotopic (exact) mass is 561 g/mol. The lowest BCUT2D eigenvalue weighted by Gasteiger charge is -2.33. The molecule has 35 heavy (non-hydrogen) atoms. The van der Waals surface area contributed by atoms with Crippen LogP contribution in [0.3, 0.4) is 0 Å². The number of sulfonamides is 1. The average Bonchev–Trinajstić information content (AvgIpc) is 2.78. The number of halogens is 3. The van der Waals surface area contributed by atoms with Gasteiger partial charge in [-0.1, -0.05) is 85.9 Å². The van der Waals surface area contributed by atoms with Crippen molar-refractivity contribution in [1.29, 1.82) is 0 Å². The van der Waals surface area contributed by atoms with E-state index in [1.54, 1.807) is 6.92 Å². The van der Waals surface area contributed by atoms with E-state index in [4.69, 9.17) is 34.8 Å². The molecule has 2 aromatic carbocycles. The highest BCUT2D eigenvalue weighted by molar-refractivity contribution is 7.92. The van der Waals surface area contributed by atoms with Gasteiger partial charge in [0.05, 0.1) is 27.0 Å². The van der Waals surface area contributed by atoms with Crippen molar-refractivity contribution in [3.63, 3.8) is 0 Å². The lowest BCUT2D eigenvalue weighted by molar-refractivity contribution is -0.140. The van der Waals surface area contributed by atoms with Crippen molar-refractivity contribution in [2.24, 2.45) is 5.92 Å². The number of nitrogens with zero attached hydrogens (tertiary/aromatic N) is 2. The van der Waals surface area contributed by atoms with E-state index < -0.39 is 28.5 Å². The summed E-state index contributed by atoms with van der Waals surface area (Å²) in [7, 11) is -3.95. The molecule has 0 aliphatic heterocycles. The second kappa shape index (κ2) is 12.8. The lowest BCUT2D eigenvalue weighted by Crippen LogP contribution is -2.52. The Morgan fingerprint density at radius 3 is 2.14 bits per heavy atom. The normalized spacial score (nSPS) is 12.3. The molecule has 0 heterocycles. The molecular formula is C24H30Cl3N3O4S. The standard InChI is InChI=1S/C24H30Cl3N3O4S/c1-5-21(24(32)28-13-16(2)3)29(14-17-9-7-6-8-10-17)23(31)15-30(35(4,33)34)22-12-19(26)18(25)11-20(22)27/h6-12,16,21H,5,13-15H2,1-4H3,(H,28,32)/t21-/m0/s1. The minimum absolute atomic E-state index is 0.0221. The number of anilines is 1. The van der Waals surface area contributed by atoms with Crippen molar-refractivity contribution in [1.82, 2.24) is 10.2 Å². The first-order valence-corrected chi connectivity index (χ1v) is 14.1. The fourth-order valence-corrected chi connectivity index (χ4v) is 4.97. The molecule has 7 nitrogen and oxygen atoms in total. The van der Waals surface area contributed by atoms with Crippen LogP contribution in [0.25, 0.3) is 0 Å². The SMILES string of the molecule is CC[C@@H](C(=O)NCC(C)C)N(Cc1ccccc1)C(=O)CN(c1cc(Cl)c(Cl)cc1Cl)S(C)(=O)=O. The van der Waals surface area contributed by atoms with E-state index >= 15 is 0 Å². The topological polar surface area (TPSA) is 86.8 Å². The van der Waals surface area contributed by atoms with Gasteiger partial charge >= 0.3 is 0 Å². The number of benzene rings is 2. The fraction of sp³-hybridized carbons (Fsp3) is 0.417. The predicted molar refractivity (Wildman–Crippen MR) is 143 cm³/mol. The van der Waals surface area contributed by atoms with Crippen molar-refractivity contribution < 1.29 is 18.0 Å². The number of amides is 2. The molecule has 0 bridgehead atoms. The average molecular weight is 563 g/mol. The van der Waals surface area contributed by atoms with Gasteiger partial charge < -0.3 is 10.2 Å². The zero-order valence-corrected chi connectivity index (χ0v) is 23.2. The second-order valence-corrected chi connectivity index (χ2v) is 11.7. The zero-order chi connectivity index (χ0) is 26.3. The number of hydrogen-bond donors (Lipinski definition) is 1. The molecule has 2 aromatic rings. The second-order valence-electron chi connectivity index (χ2n) is 8.56. The quantitative estimate of drug-likeness (QED) is 0.391. The molecule has 0 radical (unpaired) electrons. The van der Waals surface area contributed by atoms with Gasteiger partial charge in [-0.25, -0.2) is 8.42 Å². The van der Waals surface area contributed by atoms with Crippen molar-refractivity contribution in [3.8, 4) is 0 Å². The van der Waals surface area contributed by atoms with Gasteiger partial charge in [0, 0.05) is 13.1 Å². The molecule has 192 valence electrons. The maximum Gasteiger partial charge on any atom is 0.244 e. The van der Waals surface area contributed by atoms with Crippen molar-refractivity contribution >= 4 is 62.3 Å². The lowest BCUT2D eigenvalue weighted by atomic mass is 10.1. The van der Waals surface area contributed by atoms with Crippen LogP contribution in [-0.2, 0) is 26.2 Å². The number of carbonyl (C=O) groups is 2. The summed E-state index contributed by atoms with van der Waals surface area (Å²) in [5.74, 6) is -0.635. The minimum atomic E-state index is -3.95. The molecule has 0 aliphatic carbocycles. The van der Waals surface area contributed by atoms with Gasteiger partial charge in [-0.15, -0.1) is 0 Å². The molecule has 1 atom stereocenters. The van der Waals surface area contributed by atoms with E-state index in [-0.39, 0.29) is 39.1 Å². The Morgan fingerprint density at radius 1 is 1.00 bits per heavy atom. The minimum Gasteiger partial charge on any atom is -0.354 e. The van der Waals surface area contributed by atoms with E-state index in [2.05, 4.69) is 5.32 Å². The molecular weight excluding hydrogens is 533 g/mol. The first-order valence-electron chi connectivity index (χ1n) is 11.1. The summed E-state index contributed by atoms with van der Waals surface area (Å²) in [6.07, 6.45) is 1.31. The van der Waals surface area contributed by atoms with Gasteiger partial charge in [-0.2, -0.15) is 0 Å². The van der Waals surface area contributed by atoms with Crippen molar-refractivity contribution in [2.45, 2.75) is 39.8 Å². The van der Waals surface area contributed by atoms with Gasteiger partial charge in [0.2, 0.25) is 21.8 Å². The first kappa shape index (κ1) is 29.2. The van der Waals surface area contributed by atoms with Crippen LogP contribution in [0.5, 0.6) is 0 Å². The number of carbonyl (C=O) groups excluding carboxylic acids is 2. The zero-order valence-electron chi connectivity index (χ0n) is 20.1. The Kier molecular flexibility index (Phi) is 10.7. The summed E-state index contributed by atoms with van der Waals surface area (Å²) >= 11 is 18.4. The maximum atomic E-state index is 13.6. The Bertz CT molecular complexity index is 1140. The highest BCUT2D eigenvalue weighted by Gasteiger charge is 2.32. The van der Waals surface area contributed by atoms with Crippen molar-refractivity contribution in [3.05, 3.63) is 63.1 Å². The molecule has 0 aromatic heterocycles. The Balaban J connectivity index is 2.46. The number of hydrogen-bond acceptors (Lipinski definition) is 4. The highest BCUT2D eigenvalue weighted by Crippen LogP contribution is 2.35. The maximum absolute atomic E-state index is 13.6. The number of nitrogens with one attached hydrogen (secondary N) is 1. The van der Waals surface area contributed by atoms with Gasteiger partial charge in [0.1, 0.15) is 12.6 Å². The summed E-state index contributed by atoms with van der Waals surface area (Å²) in [5, 5.41) is 3.14. The van der Waals surface area contributed by atoms with E-state index in [1.807, 2.05) is 44.2 Å². The van der Waals surface area contributed by atoms with Crippen LogP contribution in [0, 0.1) is 5.92 Å². The molecule has 0 spiro atoms. The first-order chi connectivity index (χ1) is 16.3. The smallest absolute Gasteiger partial charge is 0.244 e. The molecule has 1 N–H and O–H groups in total. The third kappa shape index (κ3) is 8.27. The Morgan fingerprint density at radius 2 is 1.60 bits per heavy atom. The third-order valence-corrected chi connectivity index (χ3v) is 7.36. The molecule has 0 fully saturated rings. The third-order valence-electron chi connectivity index (χ3n) is 5.20. The molecule has 0 saturated carbocycles.